The monoisotopic (exact) mass is 534 g/mol. The molecule has 1 aliphatic rings. The fourth-order valence-electron chi connectivity index (χ4n) is 5.06. The van der Waals surface area contributed by atoms with E-state index in [4.69, 9.17) is 16.3 Å². The second-order valence-electron chi connectivity index (χ2n) is 11.0. The number of alkyl carbamates (subject to hydrolysis) is 1. The lowest BCUT2D eigenvalue weighted by molar-refractivity contribution is 0.0475. The Kier molecular flexibility index (Phi) is 8.67. The minimum absolute atomic E-state index is 0.000392. The van der Waals surface area contributed by atoms with Crippen LogP contribution in [-0.4, -0.2) is 45.3 Å². The number of hydrogen-bond acceptors (Lipinski definition) is 5. The lowest BCUT2D eigenvalue weighted by Crippen LogP contribution is -2.48. The molecule has 1 N–H and O–H groups in total. The summed E-state index contributed by atoms with van der Waals surface area (Å²) in [7, 11) is 0. The zero-order chi connectivity index (χ0) is 27.2. The minimum atomic E-state index is -0.440. The van der Waals surface area contributed by atoms with Crippen LogP contribution in [-0.2, 0) is 16.7 Å². The standard InChI is InChI=1S/C30H35ClN4O3/c1-29(2,3)33-28(37)38-21-30(23-11-7-12-24(31)19-23)16-14-25(15-17-30)35(20-22-9-5-4-6-10-22)27(36)26-13-8-18-32-34-26/h4-13,18-19,25H,14-17,20-21H2,1-3H3,(H,33,37). The maximum absolute atomic E-state index is 13.6. The van der Waals surface area contributed by atoms with Crippen LogP contribution in [0.2, 0.25) is 5.02 Å². The van der Waals surface area contributed by atoms with Crippen LogP contribution in [0.4, 0.5) is 4.79 Å². The highest BCUT2D eigenvalue weighted by molar-refractivity contribution is 6.30. The number of benzene rings is 2. The lowest BCUT2D eigenvalue weighted by atomic mass is 9.68. The molecule has 3 aromatic rings. The summed E-state index contributed by atoms with van der Waals surface area (Å²) in [5, 5.41) is 11.5. The number of rotatable bonds is 7. The molecule has 7 nitrogen and oxygen atoms in total. The third-order valence-electron chi connectivity index (χ3n) is 6.99. The molecule has 0 unspecified atom stereocenters. The van der Waals surface area contributed by atoms with E-state index in [2.05, 4.69) is 15.5 Å². The molecule has 1 fully saturated rings. The highest BCUT2D eigenvalue weighted by Gasteiger charge is 2.41. The van der Waals surface area contributed by atoms with Crippen molar-refractivity contribution < 1.29 is 14.3 Å². The van der Waals surface area contributed by atoms with E-state index in [1.165, 1.54) is 0 Å². The van der Waals surface area contributed by atoms with Gasteiger partial charge in [-0.05, 0) is 81.8 Å². The van der Waals surface area contributed by atoms with Crippen molar-refractivity contribution in [1.82, 2.24) is 20.4 Å². The fourth-order valence-corrected chi connectivity index (χ4v) is 5.25. The molecule has 1 aliphatic carbocycles. The number of hydrogen-bond donors (Lipinski definition) is 1. The van der Waals surface area contributed by atoms with E-state index in [9.17, 15) is 9.59 Å². The van der Waals surface area contributed by atoms with Crippen LogP contribution in [0.5, 0.6) is 0 Å². The number of carbonyl (C=O) groups is 2. The third kappa shape index (κ3) is 7.10. The zero-order valence-electron chi connectivity index (χ0n) is 22.2. The van der Waals surface area contributed by atoms with E-state index in [-0.39, 0.29) is 18.6 Å². The summed E-state index contributed by atoms with van der Waals surface area (Å²) in [6, 6.07) is 21.2. The molecular formula is C30H35ClN4O3. The van der Waals surface area contributed by atoms with Crippen molar-refractivity contribution in [2.24, 2.45) is 0 Å². The molecule has 8 heteroatoms. The van der Waals surface area contributed by atoms with Crippen molar-refractivity contribution in [3.63, 3.8) is 0 Å². The number of nitrogens with zero attached hydrogens (tertiary/aromatic N) is 3. The number of aromatic nitrogens is 2. The zero-order valence-corrected chi connectivity index (χ0v) is 22.9. The normalized spacial score (nSPS) is 19.4. The molecule has 0 aliphatic heterocycles. The van der Waals surface area contributed by atoms with Gasteiger partial charge in [0, 0.05) is 34.8 Å². The second-order valence-corrected chi connectivity index (χ2v) is 11.4. The first-order valence-corrected chi connectivity index (χ1v) is 13.4. The Hall–Kier alpha value is -3.45. The predicted molar refractivity (Wildman–Crippen MR) is 148 cm³/mol. The van der Waals surface area contributed by atoms with Crippen LogP contribution >= 0.6 is 11.6 Å². The molecule has 0 spiro atoms. The summed E-state index contributed by atoms with van der Waals surface area (Å²) in [4.78, 5) is 28.1. The Bertz CT molecular complexity index is 1220. The molecule has 200 valence electrons. The Balaban J connectivity index is 1.56. The van der Waals surface area contributed by atoms with Crippen LogP contribution in [0.25, 0.3) is 0 Å². The molecule has 1 saturated carbocycles. The Morgan fingerprint density at radius 2 is 1.79 bits per heavy atom. The summed E-state index contributed by atoms with van der Waals surface area (Å²) in [6.45, 7) is 6.47. The molecule has 4 rings (SSSR count). The van der Waals surface area contributed by atoms with Gasteiger partial charge in [0.05, 0.1) is 0 Å². The maximum Gasteiger partial charge on any atom is 0.407 e. The first-order valence-electron chi connectivity index (χ1n) is 13.0. The molecule has 1 aromatic heterocycles. The Morgan fingerprint density at radius 3 is 2.42 bits per heavy atom. The van der Waals surface area contributed by atoms with Gasteiger partial charge in [-0.3, -0.25) is 4.79 Å². The summed E-state index contributed by atoms with van der Waals surface area (Å²) in [5.41, 5.74) is 1.64. The van der Waals surface area contributed by atoms with Gasteiger partial charge in [0.1, 0.15) is 6.61 Å². The molecule has 2 aromatic carbocycles. The average Bonchev–Trinajstić information content (AvgIpc) is 2.91. The quantitative estimate of drug-likeness (QED) is 0.391. The third-order valence-corrected chi connectivity index (χ3v) is 7.23. The van der Waals surface area contributed by atoms with E-state index in [1.807, 2.05) is 80.3 Å². The van der Waals surface area contributed by atoms with Gasteiger partial charge in [-0.2, -0.15) is 5.10 Å². The van der Waals surface area contributed by atoms with Crippen molar-refractivity contribution in [3.8, 4) is 0 Å². The number of carbonyl (C=O) groups excluding carboxylic acids is 2. The number of nitrogens with one attached hydrogen (secondary N) is 1. The smallest absolute Gasteiger partial charge is 0.407 e. The first-order chi connectivity index (χ1) is 18.2. The van der Waals surface area contributed by atoms with Crippen LogP contribution in [0, 0.1) is 0 Å². The molecule has 2 amide bonds. The number of halogens is 1. The lowest BCUT2D eigenvalue weighted by Gasteiger charge is -2.43. The largest absolute Gasteiger partial charge is 0.449 e. The van der Waals surface area contributed by atoms with Gasteiger partial charge in [-0.15, -0.1) is 5.10 Å². The molecule has 0 atom stereocenters. The van der Waals surface area contributed by atoms with Gasteiger partial charge in [-0.1, -0.05) is 54.1 Å². The van der Waals surface area contributed by atoms with Gasteiger partial charge >= 0.3 is 6.09 Å². The highest BCUT2D eigenvalue weighted by Crippen LogP contribution is 2.42. The van der Waals surface area contributed by atoms with Crippen molar-refractivity contribution >= 4 is 23.6 Å². The topological polar surface area (TPSA) is 84.4 Å². The number of amides is 2. The summed E-state index contributed by atoms with van der Waals surface area (Å²) < 4.78 is 5.77. The van der Waals surface area contributed by atoms with Crippen molar-refractivity contribution in [3.05, 3.63) is 94.8 Å². The van der Waals surface area contributed by atoms with E-state index >= 15 is 0 Å². The summed E-state index contributed by atoms with van der Waals surface area (Å²) in [6.07, 6.45) is 4.09. The van der Waals surface area contributed by atoms with Crippen LogP contribution in [0.3, 0.4) is 0 Å². The minimum Gasteiger partial charge on any atom is -0.449 e. The van der Waals surface area contributed by atoms with Gasteiger partial charge in [0.15, 0.2) is 5.69 Å². The van der Waals surface area contributed by atoms with Gasteiger partial charge in [0.2, 0.25) is 0 Å². The summed E-state index contributed by atoms with van der Waals surface area (Å²) >= 11 is 6.37. The molecule has 38 heavy (non-hydrogen) atoms. The van der Waals surface area contributed by atoms with Gasteiger partial charge in [0.25, 0.3) is 5.91 Å². The van der Waals surface area contributed by atoms with Crippen LogP contribution < -0.4 is 5.32 Å². The molecule has 0 bridgehead atoms. The van der Waals surface area contributed by atoms with E-state index in [1.54, 1.807) is 18.3 Å². The van der Waals surface area contributed by atoms with Crippen LogP contribution in [0.1, 0.15) is 68.1 Å². The SMILES string of the molecule is CC(C)(C)NC(=O)OCC1(c2cccc(Cl)c2)CCC(N(Cc2ccccc2)C(=O)c2cccnn2)CC1. The molecular weight excluding hydrogens is 500 g/mol. The first kappa shape index (κ1) is 27.6. The molecule has 0 radical (unpaired) electrons. The summed E-state index contributed by atoms with van der Waals surface area (Å²) in [5.74, 6) is -0.136. The van der Waals surface area contributed by atoms with E-state index < -0.39 is 17.0 Å². The Labute approximate surface area is 229 Å². The van der Waals surface area contributed by atoms with Crippen molar-refractivity contribution in [1.29, 1.82) is 0 Å². The van der Waals surface area contributed by atoms with Crippen molar-refractivity contribution in [2.45, 2.75) is 70.0 Å². The molecule has 0 saturated heterocycles. The fraction of sp³-hybridized carbons (Fsp3) is 0.400. The van der Waals surface area contributed by atoms with E-state index in [0.29, 0.717) is 17.3 Å². The van der Waals surface area contributed by atoms with Gasteiger partial charge < -0.3 is 15.0 Å². The highest BCUT2D eigenvalue weighted by atomic mass is 35.5. The Morgan fingerprint density at radius 1 is 1.05 bits per heavy atom. The maximum atomic E-state index is 13.6. The average molecular weight is 535 g/mol. The second kappa shape index (κ2) is 11.9. The van der Waals surface area contributed by atoms with Crippen LogP contribution in [0.15, 0.2) is 72.9 Å². The van der Waals surface area contributed by atoms with E-state index in [0.717, 1.165) is 36.8 Å². The predicted octanol–water partition coefficient (Wildman–Crippen LogP) is 6.18. The number of ether oxygens (including phenoxy) is 1. The molecule has 1 heterocycles. The van der Waals surface area contributed by atoms with Crippen molar-refractivity contribution in [2.75, 3.05) is 6.61 Å². The van der Waals surface area contributed by atoms with Gasteiger partial charge in [-0.25, -0.2) is 4.79 Å².